The molecule has 0 saturated carbocycles. The first-order valence-corrected chi connectivity index (χ1v) is 15.8. The number of ether oxygens (including phenoxy) is 1. The highest BCUT2D eigenvalue weighted by Crippen LogP contribution is 2.36. The quantitative estimate of drug-likeness (QED) is 0.172. The van der Waals surface area contributed by atoms with Gasteiger partial charge in [0.1, 0.15) is 34.2 Å². The van der Waals surface area contributed by atoms with E-state index in [1.807, 2.05) is 77.7 Å². The van der Waals surface area contributed by atoms with Gasteiger partial charge in [0.15, 0.2) is 0 Å². The Bertz CT molecular complexity index is 2000. The molecule has 0 radical (unpaired) electrons. The second-order valence-electron chi connectivity index (χ2n) is 11.0. The Balaban J connectivity index is 1.24. The van der Waals surface area contributed by atoms with Gasteiger partial charge in [-0.05, 0) is 54.4 Å². The molecule has 10 heteroatoms. The first-order chi connectivity index (χ1) is 22.5. The molecular weight excluding hydrogens is 621 g/mol. The van der Waals surface area contributed by atoms with E-state index in [1.165, 1.54) is 0 Å². The fourth-order valence-corrected chi connectivity index (χ4v) is 5.94. The average molecular weight is 651 g/mol. The van der Waals surface area contributed by atoms with Crippen LogP contribution < -0.4 is 9.64 Å². The first kappa shape index (κ1) is 29.8. The highest BCUT2D eigenvalue weighted by molar-refractivity contribution is 6.42. The van der Waals surface area contributed by atoms with Crippen LogP contribution in [-0.2, 0) is 6.42 Å². The number of aromatic nitrogens is 3. The summed E-state index contributed by atoms with van der Waals surface area (Å²) in [5.74, 6) is 2.69. The van der Waals surface area contributed by atoms with Crippen molar-refractivity contribution in [2.24, 2.45) is 0 Å². The predicted octanol–water partition coefficient (Wildman–Crippen LogP) is 8.33. The summed E-state index contributed by atoms with van der Waals surface area (Å²) in [6.45, 7) is 2.34. The van der Waals surface area contributed by atoms with E-state index in [9.17, 15) is 4.79 Å². The molecule has 1 saturated heterocycles. The number of carbonyl (C=O) groups is 1. The summed E-state index contributed by atoms with van der Waals surface area (Å²) in [5, 5.41) is 5.99. The maximum absolute atomic E-state index is 13.4. The molecule has 1 aliphatic rings. The van der Waals surface area contributed by atoms with Crippen molar-refractivity contribution < 1.29 is 14.1 Å². The molecule has 6 aromatic rings. The Labute approximate surface area is 276 Å². The normalized spacial score (nSPS) is 13.5. The number of carbonyl (C=O) groups excluding carboxylic acids is 1. The molecule has 4 aromatic carbocycles. The minimum absolute atomic E-state index is 0.0843. The number of para-hydroxylation sites is 1. The Morgan fingerprint density at radius 3 is 2.37 bits per heavy atom. The minimum atomic E-state index is -0.0843. The topological polar surface area (TPSA) is 84.6 Å². The maximum atomic E-state index is 13.4. The number of rotatable bonds is 7. The van der Waals surface area contributed by atoms with Crippen molar-refractivity contribution in [3.63, 3.8) is 0 Å². The first-order valence-electron chi connectivity index (χ1n) is 15.0. The number of hydrogen-bond acceptors (Lipinski definition) is 7. The lowest BCUT2D eigenvalue weighted by Gasteiger charge is -2.24. The molecule has 1 amide bonds. The van der Waals surface area contributed by atoms with E-state index in [0.29, 0.717) is 71.2 Å². The van der Waals surface area contributed by atoms with Gasteiger partial charge < -0.3 is 19.1 Å². The molecule has 0 bridgehead atoms. The fourth-order valence-electron chi connectivity index (χ4n) is 5.64. The van der Waals surface area contributed by atoms with Gasteiger partial charge in [-0.1, -0.05) is 89.0 Å². The van der Waals surface area contributed by atoms with Gasteiger partial charge in [-0.3, -0.25) is 4.79 Å². The van der Waals surface area contributed by atoms with Gasteiger partial charge in [0.05, 0.1) is 10.0 Å². The molecule has 0 unspecified atom stereocenters. The van der Waals surface area contributed by atoms with Crippen molar-refractivity contribution in [2.75, 3.05) is 31.1 Å². The lowest BCUT2D eigenvalue weighted by Crippen LogP contribution is -2.35. The molecule has 1 aliphatic heterocycles. The van der Waals surface area contributed by atoms with Crippen molar-refractivity contribution in [1.29, 1.82) is 0 Å². The molecule has 3 heterocycles. The van der Waals surface area contributed by atoms with Gasteiger partial charge in [0.2, 0.25) is 0 Å². The second kappa shape index (κ2) is 13.2. The third kappa shape index (κ3) is 6.40. The van der Waals surface area contributed by atoms with Gasteiger partial charge in [-0.15, -0.1) is 0 Å². The Kier molecular flexibility index (Phi) is 8.55. The van der Waals surface area contributed by atoms with Gasteiger partial charge in [-0.25, -0.2) is 4.98 Å². The number of anilines is 1. The van der Waals surface area contributed by atoms with E-state index in [1.54, 1.807) is 18.2 Å². The molecule has 2 aromatic heterocycles. The second-order valence-corrected chi connectivity index (χ2v) is 11.9. The van der Waals surface area contributed by atoms with Crippen LogP contribution in [0.25, 0.3) is 22.4 Å². The number of amides is 1. The van der Waals surface area contributed by atoms with E-state index in [2.05, 4.69) is 22.2 Å². The molecule has 1 fully saturated rings. The van der Waals surface area contributed by atoms with Crippen molar-refractivity contribution in [1.82, 2.24) is 20.0 Å². The fraction of sp³-hybridized carbons (Fsp3) is 0.167. The zero-order valence-electron chi connectivity index (χ0n) is 24.8. The molecule has 0 spiro atoms. The Morgan fingerprint density at radius 2 is 1.57 bits per heavy atom. The Morgan fingerprint density at radius 1 is 0.783 bits per heavy atom. The average Bonchev–Trinajstić information content (AvgIpc) is 3.35. The summed E-state index contributed by atoms with van der Waals surface area (Å²) < 4.78 is 12.0. The van der Waals surface area contributed by atoms with E-state index >= 15 is 0 Å². The van der Waals surface area contributed by atoms with Crippen LogP contribution in [0.15, 0.2) is 108 Å². The summed E-state index contributed by atoms with van der Waals surface area (Å²) >= 11 is 12.3. The summed E-state index contributed by atoms with van der Waals surface area (Å²) in [6, 6.07) is 32.4. The largest absolute Gasteiger partial charge is 0.457 e. The summed E-state index contributed by atoms with van der Waals surface area (Å²) in [5.41, 5.74) is 3.46. The third-order valence-electron chi connectivity index (χ3n) is 7.90. The highest BCUT2D eigenvalue weighted by atomic mass is 35.5. The highest BCUT2D eigenvalue weighted by Gasteiger charge is 2.27. The number of nitrogens with zero attached hydrogens (tertiary/aromatic N) is 5. The summed E-state index contributed by atoms with van der Waals surface area (Å²) in [7, 11) is 0. The smallest absolute Gasteiger partial charge is 0.263 e. The third-order valence-corrected chi connectivity index (χ3v) is 8.64. The molecular formula is C36H29Cl2N5O3. The zero-order chi connectivity index (χ0) is 31.5. The SMILES string of the molecule is O=C(c1ccc(Cl)c(Cl)c1)N1CCCN(c2nc(Cc3ccccc3)nc3onc(-c4cccc(Oc5ccccc5)c4)c23)CC1. The molecule has 230 valence electrons. The van der Waals surface area contributed by atoms with Gasteiger partial charge in [0, 0.05) is 43.7 Å². The molecule has 0 atom stereocenters. The standard InChI is InChI=1S/C36H29Cl2N5O3/c37-29-16-15-26(23-30(29)38)36(44)43-18-8-17-42(19-20-43)34-32-33(25-11-7-14-28(22-25)45-27-12-5-2-6-13-27)41-46-35(32)40-31(39-34)21-24-9-3-1-4-10-24/h1-7,9-16,22-23H,8,17-21H2. The van der Waals surface area contributed by atoms with Crippen LogP contribution in [-0.4, -0.2) is 52.1 Å². The Hall–Kier alpha value is -4.92. The van der Waals surface area contributed by atoms with Gasteiger partial charge in [0.25, 0.3) is 11.6 Å². The number of fused-ring (bicyclic) bond motifs is 1. The van der Waals surface area contributed by atoms with E-state index in [-0.39, 0.29) is 5.91 Å². The predicted molar refractivity (Wildman–Crippen MR) is 180 cm³/mol. The van der Waals surface area contributed by atoms with Crippen LogP contribution in [0.4, 0.5) is 5.82 Å². The lowest BCUT2D eigenvalue weighted by molar-refractivity contribution is 0.0767. The maximum Gasteiger partial charge on any atom is 0.263 e. The van der Waals surface area contributed by atoms with Crippen molar-refractivity contribution in [3.05, 3.63) is 130 Å². The van der Waals surface area contributed by atoms with Gasteiger partial charge in [-0.2, -0.15) is 4.98 Å². The summed E-state index contributed by atoms with van der Waals surface area (Å²) in [4.78, 5) is 27.4. The number of benzene rings is 4. The molecule has 46 heavy (non-hydrogen) atoms. The van der Waals surface area contributed by atoms with Crippen LogP contribution in [0, 0.1) is 0 Å². The minimum Gasteiger partial charge on any atom is -0.457 e. The molecule has 8 nitrogen and oxygen atoms in total. The van der Waals surface area contributed by atoms with Crippen molar-refractivity contribution >= 4 is 46.0 Å². The van der Waals surface area contributed by atoms with E-state index in [4.69, 9.17) is 42.4 Å². The number of halogens is 2. The van der Waals surface area contributed by atoms with Gasteiger partial charge >= 0.3 is 0 Å². The van der Waals surface area contributed by atoms with E-state index < -0.39 is 0 Å². The van der Waals surface area contributed by atoms with Crippen LogP contribution in [0.2, 0.25) is 10.0 Å². The monoisotopic (exact) mass is 649 g/mol. The van der Waals surface area contributed by atoms with Crippen LogP contribution in [0.1, 0.15) is 28.2 Å². The molecule has 7 rings (SSSR count). The molecule has 0 N–H and O–H groups in total. The lowest BCUT2D eigenvalue weighted by atomic mass is 10.1. The van der Waals surface area contributed by atoms with Crippen LogP contribution in [0.5, 0.6) is 11.5 Å². The number of hydrogen-bond donors (Lipinski definition) is 0. The molecule has 0 aliphatic carbocycles. The van der Waals surface area contributed by atoms with Crippen molar-refractivity contribution in [3.8, 4) is 22.8 Å². The summed E-state index contributed by atoms with van der Waals surface area (Å²) in [6.07, 6.45) is 1.28. The zero-order valence-corrected chi connectivity index (χ0v) is 26.3. The van der Waals surface area contributed by atoms with E-state index in [0.717, 1.165) is 34.5 Å². The van der Waals surface area contributed by atoms with Crippen LogP contribution >= 0.6 is 23.2 Å². The van der Waals surface area contributed by atoms with Crippen LogP contribution in [0.3, 0.4) is 0 Å². The van der Waals surface area contributed by atoms with Crippen molar-refractivity contribution in [2.45, 2.75) is 12.8 Å².